The minimum atomic E-state index is -0.784. The Hall–Kier alpha value is -2.50. The van der Waals surface area contributed by atoms with Crippen molar-refractivity contribution in [3.05, 3.63) is 24.4 Å². The van der Waals surface area contributed by atoms with Crippen molar-refractivity contribution in [1.82, 2.24) is 4.98 Å². The van der Waals surface area contributed by atoms with Gasteiger partial charge in [0, 0.05) is 29.9 Å². The van der Waals surface area contributed by atoms with Crippen LogP contribution in [0.25, 0.3) is 10.9 Å². The highest BCUT2D eigenvalue weighted by Crippen LogP contribution is 2.38. The Morgan fingerprint density at radius 2 is 2.00 bits per heavy atom. The van der Waals surface area contributed by atoms with Gasteiger partial charge in [-0.1, -0.05) is 0 Å². The maximum atomic E-state index is 11.5. The second-order valence-corrected chi connectivity index (χ2v) is 5.70. The van der Waals surface area contributed by atoms with Gasteiger partial charge in [0.1, 0.15) is 6.04 Å². The molecular weight excluding hydrogens is 308 g/mol. The molecule has 128 valence electrons. The molecule has 6 nitrogen and oxygen atoms in total. The standard InChI is InChI=1S/C18H22N2O4/c1-3-23-16-10-12-13(11-17(16)24-4-2)19-8-7-14(12)20-9-5-6-15(20)18(21)22/h7-8,10-11,15H,3-6,9H2,1-2H3,(H,21,22). The predicted molar refractivity (Wildman–Crippen MR) is 92.1 cm³/mol. The second kappa shape index (κ2) is 6.95. The van der Waals surface area contributed by atoms with E-state index in [0.29, 0.717) is 31.1 Å². The Morgan fingerprint density at radius 3 is 2.67 bits per heavy atom. The zero-order chi connectivity index (χ0) is 17.1. The van der Waals surface area contributed by atoms with Gasteiger partial charge in [0.15, 0.2) is 11.5 Å². The number of aliphatic carboxylic acids is 1. The summed E-state index contributed by atoms with van der Waals surface area (Å²) in [6.07, 6.45) is 3.25. The zero-order valence-electron chi connectivity index (χ0n) is 14.0. The molecule has 1 aliphatic heterocycles. The molecule has 1 fully saturated rings. The third-order valence-corrected chi connectivity index (χ3v) is 4.23. The molecule has 24 heavy (non-hydrogen) atoms. The average molecular weight is 330 g/mol. The first kappa shape index (κ1) is 16.4. The van der Waals surface area contributed by atoms with Gasteiger partial charge >= 0.3 is 5.97 Å². The van der Waals surface area contributed by atoms with E-state index in [-0.39, 0.29) is 0 Å². The molecule has 2 aromatic rings. The number of carboxylic acids is 1. The molecule has 1 aromatic heterocycles. The van der Waals surface area contributed by atoms with Gasteiger partial charge in [0.05, 0.1) is 18.7 Å². The molecule has 0 saturated carbocycles. The van der Waals surface area contributed by atoms with E-state index in [0.717, 1.165) is 29.6 Å². The molecule has 1 saturated heterocycles. The van der Waals surface area contributed by atoms with E-state index in [2.05, 4.69) is 4.98 Å². The first-order valence-electron chi connectivity index (χ1n) is 8.33. The third kappa shape index (κ3) is 2.96. The fraction of sp³-hybridized carbons (Fsp3) is 0.444. The first-order chi connectivity index (χ1) is 11.7. The minimum absolute atomic E-state index is 0.488. The highest BCUT2D eigenvalue weighted by molar-refractivity contribution is 5.95. The van der Waals surface area contributed by atoms with Crippen molar-refractivity contribution in [3.63, 3.8) is 0 Å². The number of fused-ring (bicyclic) bond motifs is 1. The van der Waals surface area contributed by atoms with E-state index in [1.165, 1.54) is 0 Å². The van der Waals surface area contributed by atoms with Gasteiger partial charge in [-0.2, -0.15) is 0 Å². The van der Waals surface area contributed by atoms with Gasteiger partial charge < -0.3 is 19.5 Å². The lowest BCUT2D eigenvalue weighted by atomic mass is 10.1. The summed E-state index contributed by atoms with van der Waals surface area (Å²) in [5, 5.41) is 10.4. The van der Waals surface area contributed by atoms with Crippen LogP contribution in [0.4, 0.5) is 5.69 Å². The van der Waals surface area contributed by atoms with E-state index in [1.807, 2.05) is 36.9 Å². The normalized spacial score (nSPS) is 17.2. The van der Waals surface area contributed by atoms with E-state index in [1.54, 1.807) is 6.20 Å². The molecule has 1 atom stereocenters. The predicted octanol–water partition coefficient (Wildman–Crippen LogP) is 3.09. The van der Waals surface area contributed by atoms with Crippen LogP contribution < -0.4 is 14.4 Å². The molecule has 1 aromatic carbocycles. The Labute approximate surface area is 141 Å². The lowest BCUT2D eigenvalue weighted by Crippen LogP contribution is -2.36. The van der Waals surface area contributed by atoms with Crippen LogP contribution in [-0.2, 0) is 4.79 Å². The van der Waals surface area contributed by atoms with E-state index in [4.69, 9.17) is 9.47 Å². The highest BCUT2D eigenvalue weighted by Gasteiger charge is 2.31. The number of nitrogens with zero attached hydrogens (tertiary/aromatic N) is 2. The van der Waals surface area contributed by atoms with Crippen LogP contribution in [0.3, 0.4) is 0 Å². The van der Waals surface area contributed by atoms with Crippen LogP contribution in [0.2, 0.25) is 0 Å². The molecule has 1 unspecified atom stereocenters. The molecule has 6 heteroatoms. The number of anilines is 1. The first-order valence-corrected chi connectivity index (χ1v) is 8.33. The summed E-state index contributed by atoms with van der Waals surface area (Å²) in [7, 11) is 0. The number of hydrogen-bond donors (Lipinski definition) is 1. The molecule has 0 amide bonds. The van der Waals surface area contributed by atoms with E-state index < -0.39 is 12.0 Å². The lowest BCUT2D eigenvalue weighted by molar-refractivity contribution is -0.138. The van der Waals surface area contributed by atoms with Crippen molar-refractivity contribution in [2.75, 3.05) is 24.7 Å². The fourth-order valence-electron chi connectivity index (χ4n) is 3.24. The zero-order valence-corrected chi connectivity index (χ0v) is 14.0. The quantitative estimate of drug-likeness (QED) is 0.877. The average Bonchev–Trinajstić information content (AvgIpc) is 3.05. The van der Waals surface area contributed by atoms with E-state index >= 15 is 0 Å². The van der Waals surface area contributed by atoms with Gasteiger partial charge in [-0.3, -0.25) is 4.98 Å². The van der Waals surface area contributed by atoms with Crippen LogP contribution in [0.5, 0.6) is 11.5 Å². The summed E-state index contributed by atoms with van der Waals surface area (Å²) in [6, 6.07) is 5.15. The molecule has 1 aliphatic rings. The van der Waals surface area contributed by atoms with Crippen LogP contribution >= 0.6 is 0 Å². The minimum Gasteiger partial charge on any atom is -0.490 e. The molecule has 1 N–H and O–H groups in total. The Kier molecular flexibility index (Phi) is 4.74. The Bertz CT molecular complexity index is 747. The Morgan fingerprint density at radius 1 is 1.29 bits per heavy atom. The highest BCUT2D eigenvalue weighted by atomic mass is 16.5. The molecule has 0 bridgehead atoms. The van der Waals surface area contributed by atoms with Crippen molar-refractivity contribution in [2.24, 2.45) is 0 Å². The molecule has 0 spiro atoms. The molecular formula is C18H22N2O4. The van der Waals surface area contributed by atoms with Gasteiger partial charge in [0.2, 0.25) is 0 Å². The lowest BCUT2D eigenvalue weighted by Gasteiger charge is -2.25. The van der Waals surface area contributed by atoms with Gasteiger partial charge in [-0.15, -0.1) is 0 Å². The smallest absolute Gasteiger partial charge is 0.326 e. The number of rotatable bonds is 6. The summed E-state index contributed by atoms with van der Waals surface area (Å²) in [4.78, 5) is 17.9. The van der Waals surface area contributed by atoms with Gasteiger partial charge in [-0.05, 0) is 38.8 Å². The van der Waals surface area contributed by atoms with Crippen molar-refractivity contribution in [3.8, 4) is 11.5 Å². The van der Waals surface area contributed by atoms with Crippen molar-refractivity contribution in [2.45, 2.75) is 32.7 Å². The summed E-state index contributed by atoms with van der Waals surface area (Å²) in [5.41, 5.74) is 1.66. The van der Waals surface area contributed by atoms with Gasteiger partial charge in [-0.25, -0.2) is 4.79 Å². The van der Waals surface area contributed by atoms with E-state index in [9.17, 15) is 9.90 Å². The summed E-state index contributed by atoms with van der Waals surface area (Å²) in [5.74, 6) is 0.535. The summed E-state index contributed by atoms with van der Waals surface area (Å²) in [6.45, 7) is 5.64. The number of carbonyl (C=O) groups is 1. The molecule has 2 heterocycles. The topological polar surface area (TPSA) is 71.9 Å². The maximum Gasteiger partial charge on any atom is 0.326 e. The maximum absolute atomic E-state index is 11.5. The number of pyridine rings is 1. The number of aromatic nitrogens is 1. The van der Waals surface area contributed by atoms with Crippen molar-refractivity contribution >= 4 is 22.6 Å². The van der Waals surface area contributed by atoms with Crippen LogP contribution in [0, 0.1) is 0 Å². The molecule has 3 rings (SSSR count). The summed E-state index contributed by atoms with van der Waals surface area (Å²) < 4.78 is 11.4. The van der Waals surface area contributed by atoms with Crippen molar-refractivity contribution in [1.29, 1.82) is 0 Å². The number of hydrogen-bond acceptors (Lipinski definition) is 5. The van der Waals surface area contributed by atoms with Crippen LogP contribution in [0.15, 0.2) is 24.4 Å². The largest absolute Gasteiger partial charge is 0.490 e. The SMILES string of the molecule is CCOc1cc2nccc(N3CCCC3C(=O)O)c2cc1OCC. The van der Waals surface area contributed by atoms with Crippen molar-refractivity contribution < 1.29 is 19.4 Å². The molecule has 0 radical (unpaired) electrons. The number of carboxylic acid groups (broad SMARTS) is 1. The monoisotopic (exact) mass is 330 g/mol. The van der Waals surface area contributed by atoms with Crippen LogP contribution in [-0.4, -0.2) is 41.9 Å². The summed E-state index contributed by atoms with van der Waals surface area (Å²) >= 11 is 0. The Balaban J connectivity index is 2.12. The number of benzene rings is 1. The van der Waals surface area contributed by atoms with Crippen LogP contribution in [0.1, 0.15) is 26.7 Å². The molecule has 0 aliphatic carbocycles. The third-order valence-electron chi connectivity index (χ3n) is 4.23. The fourth-order valence-corrected chi connectivity index (χ4v) is 3.24. The number of ether oxygens (including phenoxy) is 2. The van der Waals surface area contributed by atoms with Gasteiger partial charge in [0.25, 0.3) is 0 Å². The second-order valence-electron chi connectivity index (χ2n) is 5.70.